The van der Waals surface area contributed by atoms with Gasteiger partial charge in [-0.05, 0) is 18.3 Å². The van der Waals surface area contributed by atoms with Gasteiger partial charge < -0.3 is 5.73 Å². The summed E-state index contributed by atoms with van der Waals surface area (Å²) in [6.45, 7) is 4.10. The molecule has 0 bridgehead atoms. The molecule has 0 aliphatic heterocycles. The number of hydrogen-bond donors (Lipinski definition) is 1. The average molecular weight is 177 g/mol. The van der Waals surface area contributed by atoms with Crippen LogP contribution in [0.1, 0.15) is 33.1 Å². The molecule has 1 aliphatic carbocycles. The highest BCUT2D eigenvalue weighted by atomic mass is 19.3. The molecule has 1 saturated carbocycles. The Hall–Kier alpha value is -0.180. The molecule has 1 fully saturated rings. The first-order valence-corrected chi connectivity index (χ1v) is 4.56. The van der Waals surface area contributed by atoms with E-state index in [-0.39, 0.29) is 24.8 Å². The maximum atomic E-state index is 12.8. The molecular formula is C9H17F2N. The van der Waals surface area contributed by atoms with E-state index in [2.05, 4.69) is 0 Å². The average Bonchev–Trinajstić information content (AvgIpc) is 1.83. The normalized spacial score (nSPS) is 35.5. The van der Waals surface area contributed by atoms with E-state index < -0.39 is 5.92 Å². The standard InChI is InChI=1S/C9H17F2N/c1-6(2)7-3-4-9(10,11)5-8(7)12/h6-8H,3-5,12H2,1-2H3. The van der Waals surface area contributed by atoms with Crippen molar-refractivity contribution in [2.75, 3.05) is 0 Å². The van der Waals surface area contributed by atoms with Gasteiger partial charge in [-0.3, -0.25) is 0 Å². The summed E-state index contributed by atoms with van der Waals surface area (Å²) < 4.78 is 25.6. The Bertz CT molecular complexity index is 157. The maximum absolute atomic E-state index is 12.8. The molecule has 0 spiro atoms. The van der Waals surface area contributed by atoms with Crippen molar-refractivity contribution in [1.29, 1.82) is 0 Å². The Morgan fingerprint density at radius 1 is 1.42 bits per heavy atom. The van der Waals surface area contributed by atoms with Crippen LogP contribution in [0.25, 0.3) is 0 Å². The molecular weight excluding hydrogens is 160 g/mol. The lowest BCUT2D eigenvalue weighted by Crippen LogP contribution is -2.43. The van der Waals surface area contributed by atoms with Crippen molar-refractivity contribution in [2.24, 2.45) is 17.6 Å². The Morgan fingerprint density at radius 2 is 2.00 bits per heavy atom. The topological polar surface area (TPSA) is 26.0 Å². The van der Waals surface area contributed by atoms with Crippen LogP contribution in [0, 0.1) is 11.8 Å². The summed E-state index contributed by atoms with van der Waals surface area (Å²) >= 11 is 0. The van der Waals surface area contributed by atoms with Crippen molar-refractivity contribution >= 4 is 0 Å². The lowest BCUT2D eigenvalue weighted by atomic mass is 9.77. The Labute approximate surface area is 72.3 Å². The zero-order valence-electron chi connectivity index (χ0n) is 7.69. The molecule has 0 aromatic rings. The van der Waals surface area contributed by atoms with Crippen molar-refractivity contribution in [3.05, 3.63) is 0 Å². The van der Waals surface area contributed by atoms with Crippen LogP contribution in [-0.4, -0.2) is 12.0 Å². The van der Waals surface area contributed by atoms with Gasteiger partial charge in [-0.15, -0.1) is 0 Å². The fourth-order valence-electron chi connectivity index (χ4n) is 2.02. The zero-order valence-corrected chi connectivity index (χ0v) is 7.69. The zero-order chi connectivity index (χ0) is 9.35. The van der Waals surface area contributed by atoms with E-state index in [4.69, 9.17) is 5.73 Å². The van der Waals surface area contributed by atoms with Crippen LogP contribution in [0.3, 0.4) is 0 Å². The minimum absolute atomic E-state index is 0.0174. The Kier molecular flexibility index (Phi) is 2.71. The second-order valence-corrected chi connectivity index (χ2v) is 4.17. The Morgan fingerprint density at radius 3 is 2.42 bits per heavy atom. The van der Waals surface area contributed by atoms with Gasteiger partial charge in [0.25, 0.3) is 0 Å². The summed E-state index contributed by atoms with van der Waals surface area (Å²) in [6.07, 6.45) is 0.464. The van der Waals surface area contributed by atoms with E-state index in [1.165, 1.54) is 0 Å². The fraction of sp³-hybridized carbons (Fsp3) is 1.00. The van der Waals surface area contributed by atoms with E-state index in [1.54, 1.807) is 0 Å². The van der Waals surface area contributed by atoms with Gasteiger partial charge in [0.15, 0.2) is 0 Å². The number of alkyl halides is 2. The van der Waals surface area contributed by atoms with Crippen LogP contribution in [0.2, 0.25) is 0 Å². The van der Waals surface area contributed by atoms with Crippen molar-refractivity contribution in [1.82, 2.24) is 0 Å². The summed E-state index contributed by atoms with van der Waals surface area (Å²) in [7, 11) is 0. The second-order valence-electron chi connectivity index (χ2n) is 4.17. The molecule has 2 N–H and O–H groups in total. The van der Waals surface area contributed by atoms with Crippen LogP contribution in [0.15, 0.2) is 0 Å². The van der Waals surface area contributed by atoms with Crippen LogP contribution in [-0.2, 0) is 0 Å². The molecule has 72 valence electrons. The highest BCUT2D eigenvalue weighted by Gasteiger charge is 2.40. The van der Waals surface area contributed by atoms with Gasteiger partial charge in [0.1, 0.15) is 0 Å². The van der Waals surface area contributed by atoms with Gasteiger partial charge in [0.05, 0.1) is 0 Å². The summed E-state index contributed by atoms with van der Waals surface area (Å²) in [5.74, 6) is -1.80. The fourth-order valence-corrected chi connectivity index (χ4v) is 2.02. The SMILES string of the molecule is CC(C)C1CCC(F)(F)CC1N. The Balaban J connectivity index is 2.54. The van der Waals surface area contributed by atoms with Gasteiger partial charge in [0, 0.05) is 18.9 Å². The van der Waals surface area contributed by atoms with E-state index in [0.29, 0.717) is 12.3 Å². The van der Waals surface area contributed by atoms with Gasteiger partial charge in [-0.25, -0.2) is 8.78 Å². The number of rotatable bonds is 1. The van der Waals surface area contributed by atoms with E-state index in [9.17, 15) is 8.78 Å². The summed E-state index contributed by atoms with van der Waals surface area (Å²) in [5.41, 5.74) is 5.68. The predicted octanol–water partition coefficient (Wildman–Crippen LogP) is 2.41. The first kappa shape index (κ1) is 9.90. The maximum Gasteiger partial charge on any atom is 0.249 e. The monoisotopic (exact) mass is 177 g/mol. The van der Waals surface area contributed by atoms with E-state index in [1.807, 2.05) is 13.8 Å². The lowest BCUT2D eigenvalue weighted by molar-refractivity contribution is -0.0584. The molecule has 0 radical (unpaired) electrons. The van der Waals surface area contributed by atoms with Crippen LogP contribution < -0.4 is 5.73 Å². The molecule has 3 heteroatoms. The molecule has 1 aliphatic rings. The third-order valence-corrected chi connectivity index (χ3v) is 2.78. The van der Waals surface area contributed by atoms with Crippen molar-refractivity contribution in [3.63, 3.8) is 0 Å². The highest BCUT2D eigenvalue weighted by Crippen LogP contribution is 2.38. The third kappa shape index (κ3) is 2.16. The number of halogens is 2. The molecule has 0 aromatic heterocycles. The summed E-state index contributed by atoms with van der Waals surface area (Å²) in [4.78, 5) is 0. The molecule has 1 nitrogen and oxygen atoms in total. The van der Waals surface area contributed by atoms with Gasteiger partial charge in [0.2, 0.25) is 5.92 Å². The highest BCUT2D eigenvalue weighted by molar-refractivity contribution is 4.87. The summed E-state index contributed by atoms with van der Waals surface area (Å²) in [6, 6.07) is -0.311. The van der Waals surface area contributed by atoms with Crippen molar-refractivity contribution in [3.8, 4) is 0 Å². The molecule has 12 heavy (non-hydrogen) atoms. The number of hydrogen-bond acceptors (Lipinski definition) is 1. The van der Waals surface area contributed by atoms with Crippen LogP contribution in [0.5, 0.6) is 0 Å². The van der Waals surface area contributed by atoms with Gasteiger partial charge in [-0.2, -0.15) is 0 Å². The smallest absolute Gasteiger partial charge is 0.249 e. The molecule has 0 amide bonds. The molecule has 0 heterocycles. The molecule has 0 aromatic carbocycles. The second kappa shape index (κ2) is 3.29. The van der Waals surface area contributed by atoms with Crippen LogP contribution >= 0.6 is 0 Å². The quantitative estimate of drug-likeness (QED) is 0.654. The van der Waals surface area contributed by atoms with Gasteiger partial charge in [-0.1, -0.05) is 13.8 Å². The molecule has 0 saturated heterocycles. The molecule has 2 unspecified atom stereocenters. The molecule has 2 atom stereocenters. The first-order chi connectivity index (χ1) is 5.42. The van der Waals surface area contributed by atoms with E-state index >= 15 is 0 Å². The number of nitrogens with two attached hydrogens (primary N) is 1. The van der Waals surface area contributed by atoms with Crippen LogP contribution in [0.4, 0.5) is 8.78 Å². The third-order valence-electron chi connectivity index (χ3n) is 2.78. The molecule has 1 rings (SSSR count). The predicted molar refractivity (Wildman–Crippen MR) is 45.1 cm³/mol. The first-order valence-electron chi connectivity index (χ1n) is 4.56. The minimum Gasteiger partial charge on any atom is -0.327 e. The lowest BCUT2D eigenvalue weighted by Gasteiger charge is -2.35. The largest absolute Gasteiger partial charge is 0.327 e. The van der Waals surface area contributed by atoms with Crippen molar-refractivity contribution < 1.29 is 8.78 Å². The summed E-state index contributed by atoms with van der Waals surface area (Å²) in [5, 5.41) is 0. The van der Waals surface area contributed by atoms with E-state index in [0.717, 1.165) is 0 Å². The van der Waals surface area contributed by atoms with Crippen molar-refractivity contribution in [2.45, 2.75) is 45.1 Å². The minimum atomic E-state index is -2.51. The van der Waals surface area contributed by atoms with Gasteiger partial charge >= 0.3 is 0 Å².